The molecule has 1 saturated heterocycles. The molecule has 0 radical (unpaired) electrons. The second-order valence-corrected chi connectivity index (χ2v) is 8.86. The van der Waals surface area contributed by atoms with Crippen LogP contribution in [0, 0.1) is 6.92 Å². The van der Waals surface area contributed by atoms with Crippen LogP contribution in [-0.2, 0) is 6.54 Å². The van der Waals surface area contributed by atoms with E-state index in [1.165, 1.54) is 0 Å². The lowest BCUT2D eigenvalue weighted by Crippen LogP contribution is -2.41. The van der Waals surface area contributed by atoms with Crippen LogP contribution < -0.4 is 10.3 Å². The van der Waals surface area contributed by atoms with E-state index < -0.39 is 6.04 Å². The first-order valence-electron chi connectivity index (χ1n) is 11.5. The van der Waals surface area contributed by atoms with Crippen LogP contribution in [0.15, 0.2) is 53.3 Å². The maximum absolute atomic E-state index is 13.3. The van der Waals surface area contributed by atoms with Crippen LogP contribution in [0.25, 0.3) is 10.9 Å². The Kier molecular flexibility index (Phi) is 6.12. The SMILES string of the molecule is COc1ccc(Cn2nnnc2[C@@H](c2cc3cc(C)ccc3[nH]c2=O)N2CCC(O)CC2)cc1. The summed E-state index contributed by atoms with van der Waals surface area (Å²) in [5.74, 6) is 1.38. The van der Waals surface area contributed by atoms with Gasteiger partial charge >= 0.3 is 0 Å². The summed E-state index contributed by atoms with van der Waals surface area (Å²) in [4.78, 5) is 18.5. The van der Waals surface area contributed by atoms with Crippen molar-refractivity contribution in [3.8, 4) is 5.75 Å². The molecule has 3 heterocycles. The molecule has 2 aromatic carbocycles. The molecule has 9 nitrogen and oxygen atoms in total. The molecule has 0 saturated carbocycles. The number of H-pyrrole nitrogens is 1. The lowest BCUT2D eigenvalue weighted by Gasteiger charge is -2.35. The van der Waals surface area contributed by atoms with Crippen molar-refractivity contribution in [2.45, 2.75) is 38.5 Å². The summed E-state index contributed by atoms with van der Waals surface area (Å²) >= 11 is 0. The molecule has 1 aliphatic rings. The van der Waals surface area contributed by atoms with Gasteiger partial charge in [-0.15, -0.1) is 5.10 Å². The van der Waals surface area contributed by atoms with Gasteiger partial charge < -0.3 is 14.8 Å². The molecule has 1 fully saturated rings. The topological polar surface area (TPSA) is 109 Å². The minimum Gasteiger partial charge on any atom is -0.497 e. The number of aromatic amines is 1. The van der Waals surface area contributed by atoms with Crippen molar-refractivity contribution in [1.82, 2.24) is 30.1 Å². The molecule has 2 N–H and O–H groups in total. The van der Waals surface area contributed by atoms with E-state index in [1.807, 2.05) is 49.4 Å². The predicted octanol–water partition coefficient (Wildman–Crippen LogP) is 2.43. The number of tetrazole rings is 1. The van der Waals surface area contributed by atoms with Gasteiger partial charge in [-0.25, -0.2) is 4.68 Å². The van der Waals surface area contributed by atoms with Crippen LogP contribution >= 0.6 is 0 Å². The van der Waals surface area contributed by atoms with Crippen molar-refractivity contribution in [1.29, 1.82) is 0 Å². The molecule has 1 atom stereocenters. The molecule has 4 aromatic rings. The molecule has 9 heteroatoms. The third-order valence-corrected chi connectivity index (χ3v) is 6.48. The van der Waals surface area contributed by atoms with Crippen LogP contribution in [0.5, 0.6) is 5.75 Å². The van der Waals surface area contributed by atoms with Crippen molar-refractivity contribution < 1.29 is 9.84 Å². The van der Waals surface area contributed by atoms with Gasteiger partial charge in [-0.2, -0.15) is 0 Å². The molecule has 5 rings (SSSR count). The number of methoxy groups -OCH3 is 1. The first kappa shape index (κ1) is 22.2. The van der Waals surface area contributed by atoms with E-state index in [0.717, 1.165) is 27.8 Å². The quantitative estimate of drug-likeness (QED) is 0.455. The number of fused-ring (bicyclic) bond motifs is 1. The lowest BCUT2D eigenvalue weighted by molar-refractivity contribution is 0.0659. The maximum atomic E-state index is 13.3. The number of piperidine rings is 1. The van der Waals surface area contributed by atoms with E-state index in [9.17, 15) is 9.90 Å². The van der Waals surface area contributed by atoms with Crippen LogP contribution in [0.2, 0.25) is 0 Å². The Balaban J connectivity index is 1.58. The largest absolute Gasteiger partial charge is 0.497 e. The second kappa shape index (κ2) is 9.36. The number of aliphatic hydroxyl groups is 1. The third kappa shape index (κ3) is 4.44. The van der Waals surface area contributed by atoms with Crippen molar-refractivity contribution in [3.05, 3.63) is 81.4 Å². The Hall–Kier alpha value is -3.56. The zero-order valence-corrected chi connectivity index (χ0v) is 19.3. The highest BCUT2D eigenvalue weighted by molar-refractivity contribution is 5.79. The number of ether oxygens (including phenoxy) is 1. The van der Waals surface area contributed by atoms with Crippen molar-refractivity contribution in [2.75, 3.05) is 20.2 Å². The molecule has 2 aromatic heterocycles. The van der Waals surface area contributed by atoms with Gasteiger partial charge in [0.2, 0.25) is 0 Å². The molecule has 176 valence electrons. The van der Waals surface area contributed by atoms with Gasteiger partial charge in [0.05, 0.1) is 19.8 Å². The van der Waals surface area contributed by atoms with Gasteiger partial charge in [0, 0.05) is 24.2 Å². The van der Waals surface area contributed by atoms with Gasteiger partial charge in [0.25, 0.3) is 5.56 Å². The summed E-state index contributed by atoms with van der Waals surface area (Å²) in [5.41, 5.74) is 3.37. The van der Waals surface area contributed by atoms with Crippen molar-refractivity contribution >= 4 is 10.9 Å². The zero-order chi connectivity index (χ0) is 23.7. The first-order valence-corrected chi connectivity index (χ1v) is 11.5. The summed E-state index contributed by atoms with van der Waals surface area (Å²) in [5, 5.41) is 23.6. The number of nitrogens with one attached hydrogen (secondary N) is 1. The van der Waals surface area contributed by atoms with Crippen LogP contribution in [0.4, 0.5) is 0 Å². The number of benzene rings is 2. The molecule has 1 aliphatic heterocycles. The fourth-order valence-corrected chi connectivity index (χ4v) is 4.61. The fourth-order valence-electron chi connectivity index (χ4n) is 4.61. The van der Waals surface area contributed by atoms with Crippen molar-refractivity contribution in [3.63, 3.8) is 0 Å². The van der Waals surface area contributed by atoms with E-state index in [4.69, 9.17) is 4.74 Å². The Morgan fingerprint density at radius 2 is 1.91 bits per heavy atom. The first-order chi connectivity index (χ1) is 16.5. The third-order valence-electron chi connectivity index (χ3n) is 6.48. The maximum Gasteiger partial charge on any atom is 0.253 e. The van der Waals surface area contributed by atoms with Crippen LogP contribution in [0.1, 0.15) is 41.4 Å². The Bertz CT molecular complexity index is 1340. The number of hydrogen-bond donors (Lipinski definition) is 2. The van der Waals surface area contributed by atoms with E-state index >= 15 is 0 Å². The molecule has 0 amide bonds. The average Bonchev–Trinajstić information content (AvgIpc) is 3.29. The Morgan fingerprint density at radius 3 is 2.65 bits per heavy atom. The highest BCUT2D eigenvalue weighted by atomic mass is 16.5. The number of aromatic nitrogens is 5. The average molecular weight is 461 g/mol. The molecule has 0 bridgehead atoms. The number of aliphatic hydroxyl groups excluding tert-OH is 1. The summed E-state index contributed by atoms with van der Waals surface area (Å²) in [7, 11) is 1.64. The second-order valence-electron chi connectivity index (χ2n) is 8.86. The van der Waals surface area contributed by atoms with Gasteiger partial charge in [-0.3, -0.25) is 9.69 Å². The summed E-state index contributed by atoms with van der Waals surface area (Å²) in [6, 6.07) is 15.2. The molecule has 0 unspecified atom stereocenters. The van der Waals surface area contributed by atoms with Crippen LogP contribution in [-0.4, -0.2) is 61.5 Å². The van der Waals surface area contributed by atoms with E-state index in [-0.39, 0.29) is 11.7 Å². The normalized spacial score (nSPS) is 16.1. The summed E-state index contributed by atoms with van der Waals surface area (Å²) in [6.07, 6.45) is 0.951. The van der Waals surface area contributed by atoms with E-state index in [1.54, 1.807) is 11.8 Å². The molecular weight excluding hydrogens is 432 g/mol. The highest BCUT2D eigenvalue weighted by Gasteiger charge is 2.32. The van der Waals surface area contributed by atoms with Gasteiger partial charge in [0.15, 0.2) is 5.82 Å². The number of hydrogen-bond acceptors (Lipinski definition) is 7. The fraction of sp³-hybridized carbons (Fsp3) is 0.360. The van der Waals surface area contributed by atoms with Gasteiger partial charge in [0.1, 0.15) is 11.8 Å². The van der Waals surface area contributed by atoms with Gasteiger partial charge in [-0.1, -0.05) is 23.8 Å². The molecular formula is C25H28N6O3. The van der Waals surface area contributed by atoms with E-state index in [0.29, 0.717) is 43.9 Å². The zero-order valence-electron chi connectivity index (χ0n) is 19.3. The summed E-state index contributed by atoms with van der Waals surface area (Å²) < 4.78 is 7.00. The highest BCUT2D eigenvalue weighted by Crippen LogP contribution is 2.30. The summed E-state index contributed by atoms with van der Waals surface area (Å²) in [6.45, 7) is 3.78. The molecule has 34 heavy (non-hydrogen) atoms. The number of pyridine rings is 1. The minimum atomic E-state index is -0.436. The van der Waals surface area contributed by atoms with Crippen molar-refractivity contribution in [2.24, 2.45) is 0 Å². The minimum absolute atomic E-state index is 0.161. The Labute approximate surface area is 197 Å². The number of likely N-dealkylation sites (tertiary alicyclic amines) is 1. The number of nitrogens with zero attached hydrogens (tertiary/aromatic N) is 5. The Morgan fingerprint density at radius 1 is 1.15 bits per heavy atom. The molecule has 0 aliphatic carbocycles. The predicted molar refractivity (Wildman–Crippen MR) is 128 cm³/mol. The number of aryl methyl sites for hydroxylation is 1. The lowest BCUT2D eigenvalue weighted by atomic mass is 9.99. The standard InChI is InChI=1S/C25H28N6O3/c1-16-3-8-22-18(13-16)14-21(25(33)26-22)23(30-11-9-19(32)10-12-30)24-27-28-29-31(24)15-17-4-6-20(34-2)7-5-17/h3-8,13-14,19,23,32H,9-12,15H2,1-2H3,(H,26,33)/t23-/m1/s1. The van der Waals surface area contributed by atoms with Crippen LogP contribution in [0.3, 0.4) is 0 Å². The smallest absolute Gasteiger partial charge is 0.253 e. The number of rotatable bonds is 6. The molecule has 0 spiro atoms. The van der Waals surface area contributed by atoms with E-state index in [2.05, 4.69) is 31.5 Å². The monoisotopic (exact) mass is 460 g/mol. The van der Waals surface area contributed by atoms with Gasteiger partial charge in [-0.05, 0) is 71.5 Å².